The third kappa shape index (κ3) is 5.74. The molecular formula is C12H26N4O3S. The molecule has 7 nitrogen and oxygen atoms in total. The van der Waals surface area contributed by atoms with E-state index in [1.165, 1.54) is 4.31 Å². The number of carbonyl (C=O) groups excluding carboxylic acids is 1. The summed E-state index contributed by atoms with van der Waals surface area (Å²) in [6.07, 6.45) is 1.15. The van der Waals surface area contributed by atoms with Gasteiger partial charge in [0.15, 0.2) is 0 Å². The molecule has 118 valence electrons. The normalized spacial score (nSPS) is 18.0. The van der Waals surface area contributed by atoms with Gasteiger partial charge in [-0.2, -0.15) is 4.31 Å². The highest BCUT2D eigenvalue weighted by Crippen LogP contribution is 2.04. The summed E-state index contributed by atoms with van der Waals surface area (Å²) in [7, 11) is 2.41. The van der Waals surface area contributed by atoms with E-state index in [-0.39, 0.29) is 12.5 Å². The largest absolute Gasteiger partial charge is 0.339 e. The van der Waals surface area contributed by atoms with Gasteiger partial charge in [-0.15, -0.1) is 0 Å². The molecule has 0 unspecified atom stereocenters. The van der Waals surface area contributed by atoms with Crippen LogP contribution in [-0.2, 0) is 14.8 Å². The van der Waals surface area contributed by atoms with Gasteiger partial charge in [-0.25, -0.2) is 8.42 Å². The minimum Gasteiger partial charge on any atom is -0.339 e. The summed E-state index contributed by atoms with van der Waals surface area (Å²) in [5.74, 6) is -0.109. The average molecular weight is 306 g/mol. The first kappa shape index (κ1) is 17.4. The van der Waals surface area contributed by atoms with Crippen LogP contribution in [0.3, 0.4) is 0 Å². The van der Waals surface area contributed by atoms with Gasteiger partial charge in [0, 0.05) is 39.3 Å². The van der Waals surface area contributed by atoms with E-state index < -0.39 is 10.0 Å². The first-order chi connectivity index (χ1) is 9.20. The van der Waals surface area contributed by atoms with Crippen molar-refractivity contribution in [1.82, 2.24) is 19.0 Å². The first-order valence-electron chi connectivity index (χ1n) is 6.76. The lowest BCUT2D eigenvalue weighted by atomic mass is 10.3. The number of hydrogen-bond donors (Lipinski definition) is 0. The number of hydrogen-bond acceptors (Lipinski definition) is 5. The number of likely N-dealkylation sites (N-methyl/N-ethyl adjacent to an activating group) is 2. The van der Waals surface area contributed by atoms with Crippen LogP contribution < -0.4 is 0 Å². The molecule has 20 heavy (non-hydrogen) atoms. The summed E-state index contributed by atoms with van der Waals surface area (Å²) in [6, 6.07) is 0. The molecule has 0 aromatic carbocycles. The van der Waals surface area contributed by atoms with Crippen molar-refractivity contribution in [2.45, 2.75) is 0 Å². The van der Waals surface area contributed by atoms with Crippen molar-refractivity contribution in [2.75, 3.05) is 73.2 Å². The topological polar surface area (TPSA) is 64.2 Å². The van der Waals surface area contributed by atoms with Crippen LogP contribution in [0.25, 0.3) is 0 Å². The number of piperazine rings is 1. The van der Waals surface area contributed by atoms with Crippen molar-refractivity contribution < 1.29 is 13.2 Å². The van der Waals surface area contributed by atoms with Crippen LogP contribution in [0.4, 0.5) is 0 Å². The van der Waals surface area contributed by atoms with Gasteiger partial charge in [0.1, 0.15) is 0 Å². The van der Waals surface area contributed by atoms with Crippen LogP contribution in [0.1, 0.15) is 0 Å². The zero-order valence-corrected chi connectivity index (χ0v) is 13.7. The molecule has 0 atom stereocenters. The van der Waals surface area contributed by atoms with Crippen molar-refractivity contribution in [2.24, 2.45) is 0 Å². The van der Waals surface area contributed by atoms with E-state index in [0.717, 1.165) is 19.3 Å². The lowest BCUT2D eigenvalue weighted by Gasteiger charge is -2.33. The molecule has 1 aliphatic rings. The minimum atomic E-state index is -3.36. The summed E-state index contributed by atoms with van der Waals surface area (Å²) in [4.78, 5) is 18.0. The Morgan fingerprint density at radius 3 is 2.10 bits per heavy atom. The van der Waals surface area contributed by atoms with E-state index in [1.54, 1.807) is 4.90 Å². The molecule has 0 aliphatic carbocycles. The van der Waals surface area contributed by atoms with Gasteiger partial charge in [-0.3, -0.25) is 4.79 Å². The Bertz CT molecular complexity index is 416. The quantitative estimate of drug-likeness (QED) is 0.603. The van der Waals surface area contributed by atoms with Gasteiger partial charge in [-0.05, 0) is 21.1 Å². The summed E-state index contributed by atoms with van der Waals surface area (Å²) < 4.78 is 24.7. The summed E-state index contributed by atoms with van der Waals surface area (Å²) in [6.45, 7) is 3.89. The molecule has 0 bridgehead atoms. The van der Waals surface area contributed by atoms with E-state index in [1.807, 2.05) is 26.0 Å². The maximum atomic E-state index is 12.2. The van der Waals surface area contributed by atoms with Crippen molar-refractivity contribution >= 4 is 15.9 Å². The Morgan fingerprint density at radius 1 is 1.10 bits per heavy atom. The first-order valence-corrected chi connectivity index (χ1v) is 8.61. The van der Waals surface area contributed by atoms with Gasteiger partial charge in [0.05, 0.1) is 12.8 Å². The van der Waals surface area contributed by atoms with Crippen LogP contribution in [0.2, 0.25) is 0 Å². The van der Waals surface area contributed by atoms with Gasteiger partial charge in [0.2, 0.25) is 15.9 Å². The number of rotatable bonds is 6. The van der Waals surface area contributed by atoms with Crippen LogP contribution in [0.15, 0.2) is 0 Å². The van der Waals surface area contributed by atoms with Crippen molar-refractivity contribution in [1.29, 1.82) is 0 Å². The van der Waals surface area contributed by atoms with Crippen LogP contribution >= 0.6 is 0 Å². The SMILES string of the molecule is CN(C)CCN(CC(=O)N1CCN(C)CC1)S(C)(=O)=O. The van der Waals surface area contributed by atoms with Gasteiger partial charge in [-0.1, -0.05) is 0 Å². The van der Waals surface area contributed by atoms with E-state index in [4.69, 9.17) is 0 Å². The lowest BCUT2D eigenvalue weighted by molar-refractivity contribution is -0.133. The summed E-state index contributed by atoms with van der Waals surface area (Å²) >= 11 is 0. The fourth-order valence-electron chi connectivity index (χ4n) is 1.98. The predicted octanol–water partition coefficient (Wildman–Crippen LogP) is -1.42. The Kier molecular flexibility index (Phi) is 6.38. The number of nitrogens with zero attached hydrogens (tertiary/aromatic N) is 4. The Labute approximate surface area is 122 Å². The van der Waals surface area contributed by atoms with E-state index >= 15 is 0 Å². The van der Waals surface area contributed by atoms with Crippen molar-refractivity contribution in [3.05, 3.63) is 0 Å². The fraction of sp³-hybridized carbons (Fsp3) is 0.917. The van der Waals surface area contributed by atoms with Crippen LogP contribution in [-0.4, -0.2) is 107 Å². The zero-order valence-electron chi connectivity index (χ0n) is 12.9. The standard InChI is InChI=1S/C12H26N4O3S/c1-13(2)5-10-16(20(4,18)19)11-12(17)15-8-6-14(3)7-9-15/h5-11H2,1-4H3. The fourth-order valence-corrected chi connectivity index (χ4v) is 2.74. The van der Waals surface area contributed by atoms with Gasteiger partial charge >= 0.3 is 0 Å². The summed E-state index contributed by atoms with van der Waals surface area (Å²) in [5.41, 5.74) is 0. The third-order valence-electron chi connectivity index (χ3n) is 3.43. The maximum Gasteiger partial charge on any atom is 0.237 e. The molecule has 1 aliphatic heterocycles. The molecular weight excluding hydrogens is 280 g/mol. The monoisotopic (exact) mass is 306 g/mol. The van der Waals surface area contributed by atoms with Crippen LogP contribution in [0, 0.1) is 0 Å². The molecule has 0 aromatic rings. The van der Waals surface area contributed by atoms with Gasteiger partial charge < -0.3 is 14.7 Å². The second kappa shape index (κ2) is 7.35. The molecule has 1 saturated heterocycles. The van der Waals surface area contributed by atoms with Gasteiger partial charge in [0.25, 0.3) is 0 Å². The zero-order chi connectivity index (χ0) is 15.3. The third-order valence-corrected chi connectivity index (χ3v) is 4.68. The molecule has 1 rings (SSSR count). The second-order valence-electron chi connectivity index (χ2n) is 5.58. The number of sulfonamides is 1. The smallest absolute Gasteiger partial charge is 0.237 e. The highest BCUT2D eigenvalue weighted by molar-refractivity contribution is 7.88. The predicted molar refractivity (Wildman–Crippen MR) is 79.0 cm³/mol. The van der Waals surface area contributed by atoms with E-state index in [9.17, 15) is 13.2 Å². The average Bonchev–Trinajstić information content (AvgIpc) is 2.33. The molecule has 1 heterocycles. The molecule has 0 N–H and O–H groups in total. The summed E-state index contributed by atoms with van der Waals surface area (Å²) in [5, 5.41) is 0. The Morgan fingerprint density at radius 2 is 1.65 bits per heavy atom. The molecule has 0 saturated carbocycles. The molecule has 0 radical (unpaired) electrons. The minimum absolute atomic E-state index is 0.0591. The highest BCUT2D eigenvalue weighted by Gasteiger charge is 2.25. The molecule has 8 heteroatoms. The van der Waals surface area contributed by atoms with E-state index in [0.29, 0.717) is 26.2 Å². The van der Waals surface area contributed by atoms with E-state index in [2.05, 4.69) is 4.90 Å². The Balaban J connectivity index is 2.58. The number of amides is 1. The molecule has 0 spiro atoms. The number of carbonyl (C=O) groups is 1. The lowest BCUT2D eigenvalue weighted by Crippen LogP contribution is -2.51. The molecule has 1 amide bonds. The van der Waals surface area contributed by atoms with Crippen molar-refractivity contribution in [3.8, 4) is 0 Å². The maximum absolute atomic E-state index is 12.2. The second-order valence-corrected chi connectivity index (χ2v) is 7.57. The highest BCUT2D eigenvalue weighted by atomic mass is 32.2. The van der Waals surface area contributed by atoms with Crippen LogP contribution in [0.5, 0.6) is 0 Å². The van der Waals surface area contributed by atoms with Crippen molar-refractivity contribution in [3.63, 3.8) is 0 Å². The Hall–Kier alpha value is -0.700. The molecule has 0 aromatic heterocycles. The molecule has 1 fully saturated rings.